The topological polar surface area (TPSA) is 24.9 Å². The van der Waals surface area contributed by atoms with Gasteiger partial charge in [0.25, 0.3) is 0 Å². The van der Waals surface area contributed by atoms with Crippen molar-refractivity contribution in [3.63, 3.8) is 0 Å². The molecule has 1 rings (SSSR count). The van der Waals surface area contributed by atoms with Crippen molar-refractivity contribution in [2.45, 2.75) is 39.7 Å². The maximum Gasteiger partial charge on any atom is 0.0455 e. The van der Waals surface area contributed by atoms with Crippen molar-refractivity contribution in [3.05, 3.63) is 29.6 Å². The summed E-state index contributed by atoms with van der Waals surface area (Å²) in [5, 5.41) is 3.32. The fourth-order valence-electron chi connectivity index (χ4n) is 2.10. The molecule has 0 amide bonds. The van der Waals surface area contributed by atoms with Crippen molar-refractivity contribution >= 4 is 0 Å². The maximum atomic E-state index is 4.62. The molecule has 0 aromatic carbocycles. The Kier molecular flexibility index (Phi) is 4.28. The highest BCUT2D eigenvalue weighted by Crippen LogP contribution is 2.26. The number of likely N-dealkylation sites (N-methyl/N-ethyl adjacent to an activating group) is 1. The average Bonchev–Trinajstić information content (AvgIpc) is 2.17. The van der Waals surface area contributed by atoms with Gasteiger partial charge in [-0.15, -0.1) is 0 Å². The van der Waals surface area contributed by atoms with Crippen LogP contribution in [0.15, 0.2) is 18.2 Å². The van der Waals surface area contributed by atoms with E-state index in [9.17, 15) is 0 Å². The average molecular weight is 206 g/mol. The van der Waals surface area contributed by atoms with Crippen molar-refractivity contribution in [2.75, 3.05) is 7.05 Å². The molecule has 84 valence electrons. The third-order valence-corrected chi connectivity index (χ3v) is 2.96. The second kappa shape index (κ2) is 5.26. The predicted octanol–water partition coefficient (Wildman–Crippen LogP) is 2.74. The third kappa shape index (κ3) is 3.03. The molecule has 2 nitrogen and oxygen atoms in total. The van der Waals surface area contributed by atoms with Crippen LogP contribution in [0.5, 0.6) is 0 Å². The number of nitrogens with one attached hydrogen (secondary N) is 1. The number of nitrogens with zero attached hydrogens (tertiary/aromatic N) is 1. The van der Waals surface area contributed by atoms with Crippen molar-refractivity contribution in [1.29, 1.82) is 0 Å². The normalized spacial score (nSPS) is 15.3. The Balaban J connectivity index is 2.99. The highest BCUT2D eigenvalue weighted by molar-refractivity contribution is 5.16. The molecule has 1 heterocycles. The first-order valence-electron chi connectivity index (χ1n) is 5.67. The van der Waals surface area contributed by atoms with E-state index in [0.29, 0.717) is 17.9 Å². The van der Waals surface area contributed by atoms with E-state index in [1.807, 2.05) is 20.0 Å². The van der Waals surface area contributed by atoms with E-state index >= 15 is 0 Å². The van der Waals surface area contributed by atoms with E-state index in [-0.39, 0.29) is 0 Å². The number of aromatic nitrogens is 1. The van der Waals surface area contributed by atoms with Gasteiger partial charge in [-0.2, -0.15) is 0 Å². The summed E-state index contributed by atoms with van der Waals surface area (Å²) < 4.78 is 0. The molecule has 0 radical (unpaired) electrons. The Morgan fingerprint density at radius 3 is 2.33 bits per heavy atom. The molecule has 0 aliphatic carbocycles. The zero-order valence-corrected chi connectivity index (χ0v) is 10.4. The van der Waals surface area contributed by atoms with Crippen LogP contribution in [0, 0.1) is 12.8 Å². The maximum absolute atomic E-state index is 4.62. The zero-order chi connectivity index (χ0) is 11.4. The summed E-state index contributed by atoms with van der Waals surface area (Å²) in [7, 11) is 2.01. The van der Waals surface area contributed by atoms with Crippen LogP contribution < -0.4 is 5.32 Å². The largest absolute Gasteiger partial charge is 0.317 e. The lowest BCUT2D eigenvalue weighted by atomic mass is 9.86. The second-order valence-corrected chi connectivity index (χ2v) is 4.55. The van der Waals surface area contributed by atoms with E-state index in [2.05, 4.69) is 43.2 Å². The second-order valence-electron chi connectivity index (χ2n) is 4.55. The summed E-state index contributed by atoms with van der Waals surface area (Å²) in [6.45, 7) is 8.77. The fraction of sp³-hybridized carbons (Fsp3) is 0.615. The molecule has 0 spiro atoms. The zero-order valence-electron chi connectivity index (χ0n) is 10.4. The highest BCUT2D eigenvalue weighted by Gasteiger charge is 2.22. The minimum absolute atomic E-state index is 0.458. The quantitative estimate of drug-likeness (QED) is 0.819. The molecule has 0 bridgehead atoms. The summed E-state index contributed by atoms with van der Waals surface area (Å²) in [5.74, 6) is 1.08. The molecule has 0 aliphatic rings. The van der Waals surface area contributed by atoms with Gasteiger partial charge in [0.2, 0.25) is 0 Å². The molecule has 0 saturated carbocycles. The van der Waals surface area contributed by atoms with Gasteiger partial charge in [0.15, 0.2) is 0 Å². The Hall–Kier alpha value is -0.890. The van der Waals surface area contributed by atoms with Gasteiger partial charge in [-0.05, 0) is 38.9 Å². The smallest absolute Gasteiger partial charge is 0.0455 e. The van der Waals surface area contributed by atoms with Gasteiger partial charge in [0.1, 0.15) is 0 Å². The van der Waals surface area contributed by atoms with Gasteiger partial charge in [-0.25, -0.2) is 0 Å². The lowest BCUT2D eigenvalue weighted by Gasteiger charge is -2.26. The number of hydrogen-bond acceptors (Lipinski definition) is 2. The van der Waals surface area contributed by atoms with E-state index in [4.69, 9.17) is 0 Å². The molecule has 0 fully saturated rings. The SMILES string of the molecule is CNC(C)C(c1cccc(C)n1)C(C)C. The lowest BCUT2D eigenvalue weighted by molar-refractivity contribution is 0.388. The van der Waals surface area contributed by atoms with Crippen LogP contribution in [0.1, 0.15) is 38.1 Å². The van der Waals surface area contributed by atoms with Crippen LogP contribution in [0.4, 0.5) is 0 Å². The molecule has 15 heavy (non-hydrogen) atoms. The predicted molar refractivity (Wildman–Crippen MR) is 65.1 cm³/mol. The van der Waals surface area contributed by atoms with Gasteiger partial charge in [0, 0.05) is 23.3 Å². The molecule has 2 atom stereocenters. The van der Waals surface area contributed by atoms with E-state index in [0.717, 1.165) is 5.69 Å². The Bertz CT molecular complexity index is 307. The molecule has 2 unspecified atom stereocenters. The van der Waals surface area contributed by atoms with E-state index in [1.54, 1.807) is 0 Å². The molecule has 1 aromatic heterocycles. The Labute approximate surface area is 93.1 Å². The van der Waals surface area contributed by atoms with Crippen molar-refractivity contribution in [3.8, 4) is 0 Å². The molecule has 1 aromatic rings. The molecule has 1 N–H and O–H groups in total. The number of hydrogen-bond donors (Lipinski definition) is 1. The standard InChI is InChI=1S/C13H22N2/c1-9(2)13(11(4)14-5)12-8-6-7-10(3)15-12/h6-9,11,13-14H,1-5H3. The van der Waals surface area contributed by atoms with Crippen LogP contribution >= 0.6 is 0 Å². The molecular weight excluding hydrogens is 184 g/mol. The van der Waals surface area contributed by atoms with Crippen molar-refractivity contribution in [2.24, 2.45) is 5.92 Å². The van der Waals surface area contributed by atoms with E-state index < -0.39 is 0 Å². The van der Waals surface area contributed by atoms with Crippen LogP contribution in [0.25, 0.3) is 0 Å². The van der Waals surface area contributed by atoms with Crippen LogP contribution in [0.2, 0.25) is 0 Å². The summed E-state index contributed by atoms with van der Waals surface area (Å²) in [5.41, 5.74) is 2.30. The van der Waals surface area contributed by atoms with Gasteiger partial charge < -0.3 is 5.32 Å². The van der Waals surface area contributed by atoms with Crippen LogP contribution in [-0.4, -0.2) is 18.1 Å². The lowest BCUT2D eigenvalue weighted by Crippen LogP contribution is -2.32. The van der Waals surface area contributed by atoms with Gasteiger partial charge in [0.05, 0.1) is 0 Å². The minimum Gasteiger partial charge on any atom is -0.317 e. The van der Waals surface area contributed by atoms with Crippen molar-refractivity contribution in [1.82, 2.24) is 10.3 Å². The molecule has 0 saturated heterocycles. The minimum atomic E-state index is 0.458. The number of pyridine rings is 1. The first kappa shape index (κ1) is 12.2. The third-order valence-electron chi connectivity index (χ3n) is 2.96. The fourth-order valence-corrected chi connectivity index (χ4v) is 2.10. The van der Waals surface area contributed by atoms with Crippen LogP contribution in [0.3, 0.4) is 0 Å². The summed E-state index contributed by atoms with van der Waals surface area (Å²) in [6, 6.07) is 6.73. The summed E-state index contributed by atoms with van der Waals surface area (Å²) in [6.07, 6.45) is 0. The highest BCUT2D eigenvalue weighted by atomic mass is 14.9. The summed E-state index contributed by atoms with van der Waals surface area (Å²) >= 11 is 0. The van der Waals surface area contributed by atoms with Crippen molar-refractivity contribution < 1.29 is 0 Å². The van der Waals surface area contributed by atoms with Gasteiger partial charge >= 0.3 is 0 Å². The van der Waals surface area contributed by atoms with Crippen LogP contribution in [-0.2, 0) is 0 Å². The summed E-state index contributed by atoms with van der Waals surface area (Å²) in [4.78, 5) is 4.62. The molecular formula is C13H22N2. The van der Waals surface area contributed by atoms with E-state index in [1.165, 1.54) is 5.69 Å². The molecule has 0 aliphatic heterocycles. The monoisotopic (exact) mass is 206 g/mol. The first-order chi connectivity index (χ1) is 7.06. The van der Waals surface area contributed by atoms with Gasteiger partial charge in [-0.1, -0.05) is 19.9 Å². The molecule has 2 heteroatoms. The van der Waals surface area contributed by atoms with Gasteiger partial charge in [-0.3, -0.25) is 4.98 Å². The number of rotatable bonds is 4. The Morgan fingerprint density at radius 2 is 1.87 bits per heavy atom. The Morgan fingerprint density at radius 1 is 1.20 bits per heavy atom. The number of aryl methyl sites for hydroxylation is 1. The first-order valence-corrected chi connectivity index (χ1v) is 5.67.